The quantitative estimate of drug-likeness (QED) is 0.423. The number of ether oxygens (including phenoxy) is 1. The van der Waals surface area contributed by atoms with Crippen LogP contribution in [0, 0.1) is 5.82 Å². The molecule has 2 aliphatic heterocycles. The van der Waals surface area contributed by atoms with Crippen molar-refractivity contribution in [3.63, 3.8) is 0 Å². The summed E-state index contributed by atoms with van der Waals surface area (Å²) in [6.07, 6.45) is 3.17. The molecule has 2 amide bonds. The fourth-order valence-electron chi connectivity index (χ4n) is 5.12. The van der Waals surface area contributed by atoms with E-state index >= 15 is 0 Å². The molecule has 1 unspecified atom stereocenters. The van der Waals surface area contributed by atoms with Crippen molar-refractivity contribution in [3.05, 3.63) is 63.4 Å². The molecule has 0 aromatic heterocycles. The second-order valence-corrected chi connectivity index (χ2v) is 10.5. The second kappa shape index (κ2) is 11.4. The van der Waals surface area contributed by atoms with E-state index in [0.29, 0.717) is 66.7 Å². The largest absolute Gasteiger partial charge is 0.438 e. The number of nitrogens with one attached hydrogen (secondary N) is 1. The van der Waals surface area contributed by atoms with E-state index in [-0.39, 0.29) is 17.6 Å². The van der Waals surface area contributed by atoms with Crippen LogP contribution in [0.2, 0.25) is 10.0 Å². The normalized spacial score (nSPS) is 17.8. The number of hydrogen-bond donors (Lipinski definition) is 1. The Bertz CT molecular complexity index is 1120. The van der Waals surface area contributed by atoms with Gasteiger partial charge in [0.1, 0.15) is 11.4 Å². The van der Waals surface area contributed by atoms with E-state index in [2.05, 4.69) is 17.1 Å². The third kappa shape index (κ3) is 5.79. The lowest BCUT2D eigenvalue weighted by atomic mass is 9.82. The third-order valence-corrected chi connectivity index (χ3v) is 8.00. The Balaban J connectivity index is 1.46. The third-order valence-electron chi connectivity index (χ3n) is 7.26. The van der Waals surface area contributed by atoms with Crippen LogP contribution in [0.4, 0.5) is 14.9 Å². The average molecular weight is 536 g/mol. The van der Waals surface area contributed by atoms with E-state index in [0.717, 1.165) is 18.4 Å². The minimum absolute atomic E-state index is 0.0620. The van der Waals surface area contributed by atoms with Gasteiger partial charge in [-0.05, 0) is 55.3 Å². The van der Waals surface area contributed by atoms with Crippen molar-refractivity contribution in [3.8, 4) is 0 Å². The van der Waals surface area contributed by atoms with E-state index in [1.807, 2.05) is 13.1 Å². The van der Waals surface area contributed by atoms with E-state index < -0.39 is 11.7 Å². The smallest absolute Gasteiger partial charge is 0.412 e. The van der Waals surface area contributed by atoms with Gasteiger partial charge in [0.15, 0.2) is 0 Å². The minimum Gasteiger partial charge on any atom is -0.438 e. The standard InChI is InChI=1S/C27H32Cl2FN3O3/c1-3-4-12-32(2)25(34)20(18-5-7-22(28)23(29)16-18)9-13-33-14-10-27(11-15-33)21-17-19(30)6-8-24(21)31-26(35)36-27/h5-8,16-17,20H,3-4,9-15H2,1-2H3,(H,31,35). The Kier molecular flexibility index (Phi) is 8.43. The maximum atomic E-state index is 14.0. The summed E-state index contributed by atoms with van der Waals surface area (Å²) in [6.45, 7) is 4.82. The molecule has 0 radical (unpaired) electrons. The molecule has 2 aromatic carbocycles. The van der Waals surface area contributed by atoms with Crippen molar-refractivity contribution in [2.45, 2.75) is 50.5 Å². The Morgan fingerprint density at radius 2 is 1.94 bits per heavy atom. The lowest BCUT2D eigenvalue weighted by Gasteiger charge is -2.44. The highest BCUT2D eigenvalue weighted by atomic mass is 35.5. The van der Waals surface area contributed by atoms with Gasteiger partial charge in [0, 0.05) is 45.1 Å². The second-order valence-electron chi connectivity index (χ2n) is 9.67. The van der Waals surface area contributed by atoms with Crippen LogP contribution in [0.1, 0.15) is 56.1 Å². The van der Waals surface area contributed by atoms with Crippen molar-refractivity contribution in [2.24, 2.45) is 0 Å². The zero-order valence-electron chi connectivity index (χ0n) is 20.7. The van der Waals surface area contributed by atoms with Crippen LogP contribution in [0.15, 0.2) is 36.4 Å². The van der Waals surface area contributed by atoms with Crippen LogP contribution in [-0.2, 0) is 15.1 Å². The summed E-state index contributed by atoms with van der Waals surface area (Å²) in [6, 6.07) is 9.77. The molecular weight excluding hydrogens is 504 g/mol. The predicted molar refractivity (Wildman–Crippen MR) is 140 cm³/mol. The Morgan fingerprint density at radius 1 is 1.19 bits per heavy atom. The number of carbonyl (C=O) groups excluding carboxylic acids is 2. The molecular formula is C27H32Cl2FN3O3. The summed E-state index contributed by atoms with van der Waals surface area (Å²) in [7, 11) is 1.84. The zero-order valence-corrected chi connectivity index (χ0v) is 22.2. The highest BCUT2D eigenvalue weighted by Crippen LogP contribution is 2.44. The zero-order chi connectivity index (χ0) is 25.9. The number of halogens is 3. The van der Waals surface area contributed by atoms with Gasteiger partial charge in [-0.15, -0.1) is 0 Å². The first-order valence-corrected chi connectivity index (χ1v) is 13.2. The van der Waals surface area contributed by atoms with Crippen LogP contribution in [0.3, 0.4) is 0 Å². The molecule has 0 aliphatic carbocycles. The maximum absolute atomic E-state index is 14.0. The first-order chi connectivity index (χ1) is 17.2. The number of piperidine rings is 1. The van der Waals surface area contributed by atoms with Gasteiger partial charge in [0.2, 0.25) is 5.91 Å². The molecule has 1 spiro atoms. The number of likely N-dealkylation sites (tertiary alicyclic amines) is 1. The molecule has 6 nitrogen and oxygen atoms in total. The van der Waals surface area contributed by atoms with Gasteiger partial charge in [-0.25, -0.2) is 9.18 Å². The molecule has 36 heavy (non-hydrogen) atoms. The number of nitrogens with zero attached hydrogens (tertiary/aromatic N) is 2. The van der Waals surface area contributed by atoms with Gasteiger partial charge in [-0.3, -0.25) is 10.1 Å². The number of anilines is 1. The number of likely N-dealkylation sites (N-methyl/N-ethyl adjacent to an activating group) is 1. The summed E-state index contributed by atoms with van der Waals surface area (Å²) < 4.78 is 19.8. The van der Waals surface area contributed by atoms with E-state index in [1.165, 1.54) is 12.1 Å². The molecule has 1 atom stereocenters. The molecule has 1 saturated heterocycles. The first-order valence-electron chi connectivity index (χ1n) is 12.4. The lowest BCUT2D eigenvalue weighted by molar-refractivity contribution is -0.132. The molecule has 194 valence electrons. The fourth-order valence-corrected chi connectivity index (χ4v) is 5.43. The number of fused-ring (bicyclic) bond motifs is 2. The van der Waals surface area contributed by atoms with Crippen LogP contribution in [0.25, 0.3) is 0 Å². The van der Waals surface area contributed by atoms with Gasteiger partial charge in [-0.1, -0.05) is 42.6 Å². The van der Waals surface area contributed by atoms with Crippen molar-refractivity contribution >= 4 is 40.9 Å². The van der Waals surface area contributed by atoms with Crippen LogP contribution in [-0.4, -0.2) is 55.0 Å². The summed E-state index contributed by atoms with van der Waals surface area (Å²) in [5, 5.41) is 3.56. The van der Waals surface area contributed by atoms with E-state index in [9.17, 15) is 14.0 Å². The Morgan fingerprint density at radius 3 is 2.64 bits per heavy atom. The number of rotatable bonds is 8. The minimum atomic E-state index is -0.838. The number of benzene rings is 2. The molecule has 2 aromatic rings. The predicted octanol–water partition coefficient (Wildman–Crippen LogP) is 6.42. The van der Waals surface area contributed by atoms with Gasteiger partial charge in [0.05, 0.1) is 21.7 Å². The van der Waals surface area contributed by atoms with Crippen molar-refractivity contribution in [1.82, 2.24) is 9.80 Å². The molecule has 9 heteroatoms. The average Bonchev–Trinajstić information content (AvgIpc) is 2.86. The molecule has 1 fully saturated rings. The van der Waals surface area contributed by atoms with Gasteiger partial charge >= 0.3 is 6.09 Å². The van der Waals surface area contributed by atoms with Gasteiger partial charge in [-0.2, -0.15) is 0 Å². The van der Waals surface area contributed by atoms with Gasteiger partial charge < -0.3 is 14.5 Å². The number of hydrogen-bond acceptors (Lipinski definition) is 4. The number of unbranched alkanes of at least 4 members (excludes halogenated alkanes) is 1. The van der Waals surface area contributed by atoms with Crippen molar-refractivity contribution in [1.29, 1.82) is 0 Å². The molecule has 0 bridgehead atoms. The fraction of sp³-hybridized carbons (Fsp3) is 0.481. The molecule has 0 saturated carbocycles. The van der Waals surface area contributed by atoms with Gasteiger partial charge in [0.25, 0.3) is 0 Å². The monoisotopic (exact) mass is 535 g/mol. The van der Waals surface area contributed by atoms with Crippen molar-refractivity contribution < 1.29 is 18.7 Å². The van der Waals surface area contributed by atoms with E-state index in [1.54, 1.807) is 23.1 Å². The number of amides is 2. The Labute approximate surface area is 221 Å². The summed E-state index contributed by atoms with van der Waals surface area (Å²) in [5.74, 6) is -0.637. The van der Waals surface area contributed by atoms with Crippen LogP contribution < -0.4 is 5.32 Å². The van der Waals surface area contributed by atoms with E-state index in [4.69, 9.17) is 27.9 Å². The number of carbonyl (C=O) groups is 2. The molecule has 2 aliphatic rings. The molecule has 4 rings (SSSR count). The highest BCUT2D eigenvalue weighted by Gasteiger charge is 2.44. The maximum Gasteiger partial charge on any atom is 0.412 e. The SMILES string of the molecule is CCCCN(C)C(=O)C(CCN1CCC2(CC1)OC(=O)Nc1ccc(F)cc12)c1ccc(Cl)c(Cl)c1. The molecule has 2 heterocycles. The first kappa shape index (κ1) is 26.7. The van der Waals surface area contributed by atoms with Crippen LogP contribution in [0.5, 0.6) is 0 Å². The Hall–Kier alpha value is -2.35. The molecule has 1 N–H and O–H groups in total. The summed E-state index contributed by atoms with van der Waals surface area (Å²) in [4.78, 5) is 29.7. The summed E-state index contributed by atoms with van der Waals surface area (Å²) in [5.41, 5.74) is 1.29. The highest BCUT2D eigenvalue weighted by molar-refractivity contribution is 6.42. The van der Waals surface area contributed by atoms with Crippen LogP contribution >= 0.6 is 23.2 Å². The van der Waals surface area contributed by atoms with Crippen molar-refractivity contribution in [2.75, 3.05) is 38.5 Å². The lowest BCUT2D eigenvalue weighted by Crippen LogP contribution is -2.48. The topological polar surface area (TPSA) is 61.9 Å². The summed E-state index contributed by atoms with van der Waals surface area (Å²) >= 11 is 12.4.